The third kappa shape index (κ3) is 1.44. The largest absolute Gasteiger partial charge is 0.402 e. The lowest BCUT2D eigenvalue weighted by atomic mass is 9.83. The van der Waals surface area contributed by atoms with Crippen molar-refractivity contribution < 1.29 is 21.6 Å². The Morgan fingerprint density at radius 3 is 2.82 bits per heavy atom. The van der Waals surface area contributed by atoms with E-state index in [-0.39, 0.29) is 6.42 Å². The van der Waals surface area contributed by atoms with E-state index in [1.54, 1.807) is 24.3 Å². The molecule has 6 nitrogen and oxygen atoms in total. The fourth-order valence-corrected chi connectivity index (χ4v) is 3.21. The number of benzene rings is 1. The molecule has 0 bridgehead atoms. The summed E-state index contributed by atoms with van der Waals surface area (Å²) in [6.45, 7) is 0. The van der Waals surface area contributed by atoms with Gasteiger partial charge >= 0.3 is 10.4 Å². The van der Waals surface area contributed by atoms with Crippen LogP contribution < -0.4 is 5.73 Å². The predicted octanol–water partition coefficient (Wildman–Crippen LogP) is -0.259. The highest BCUT2D eigenvalue weighted by atomic mass is 32.3. The zero-order valence-electron chi connectivity index (χ0n) is 8.62. The van der Waals surface area contributed by atoms with E-state index in [1.165, 1.54) is 0 Å². The van der Waals surface area contributed by atoms with Crippen LogP contribution in [0.3, 0.4) is 0 Å². The van der Waals surface area contributed by atoms with Gasteiger partial charge in [-0.25, -0.2) is 8.37 Å². The predicted molar refractivity (Wildman–Crippen MR) is 56.3 cm³/mol. The molecule has 2 unspecified atom stereocenters. The third-order valence-electron chi connectivity index (χ3n) is 2.97. The molecule has 17 heavy (non-hydrogen) atoms. The van der Waals surface area contributed by atoms with E-state index < -0.39 is 28.0 Å². The molecule has 2 N–H and O–H groups in total. The van der Waals surface area contributed by atoms with Crippen molar-refractivity contribution in [1.82, 2.24) is 0 Å². The molecule has 1 aliphatic carbocycles. The van der Waals surface area contributed by atoms with Crippen LogP contribution in [-0.2, 0) is 25.2 Å². The standard InChI is InChI=1S/C10H9NO5S/c11-10-8(15-17(13,14)16-10)5-6-3-1-2-4-7(6)9(10)12/h1-4,8H,5,11H2. The van der Waals surface area contributed by atoms with Gasteiger partial charge in [0.05, 0.1) is 0 Å². The average Bonchev–Trinajstić information content (AvgIpc) is 2.49. The summed E-state index contributed by atoms with van der Waals surface area (Å²) in [5.41, 5.74) is 4.89. The van der Waals surface area contributed by atoms with Gasteiger partial charge in [0.1, 0.15) is 6.10 Å². The molecule has 0 amide bonds. The summed E-state index contributed by atoms with van der Waals surface area (Å²) in [6, 6.07) is 6.78. The summed E-state index contributed by atoms with van der Waals surface area (Å²) < 4.78 is 31.7. The molecule has 1 heterocycles. The zero-order chi connectivity index (χ0) is 12.3. The van der Waals surface area contributed by atoms with Gasteiger partial charge in [-0.05, 0) is 5.56 Å². The minimum Gasteiger partial charge on any atom is -0.293 e. The van der Waals surface area contributed by atoms with Crippen molar-refractivity contribution in [1.29, 1.82) is 0 Å². The Balaban J connectivity index is 2.16. The Labute approximate surface area is 97.7 Å². The Morgan fingerprint density at radius 2 is 2.06 bits per heavy atom. The van der Waals surface area contributed by atoms with Gasteiger partial charge in [-0.2, -0.15) is 8.42 Å². The maximum atomic E-state index is 12.1. The monoisotopic (exact) mass is 255 g/mol. The summed E-state index contributed by atoms with van der Waals surface area (Å²) in [4.78, 5) is 12.1. The number of carbonyl (C=O) groups excluding carboxylic acids is 1. The van der Waals surface area contributed by atoms with Crippen molar-refractivity contribution in [3.8, 4) is 0 Å². The molecule has 0 aromatic heterocycles. The van der Waals surface area contributed by atoms with E-state index in [4.69, 9.17) is 5.73 Å². The molecule has 0 radical (unpaired) electrons. The van der Waals surface area contributed by atoms with Crippen LogP contribution in [-0.4, -0.2) is 26.0 Å². The van der Waals surface area contributed by atoms with Gasteiger partial charge in [0.2, 0.25) is 11.5 Å². The SMILES string of the molecule is NC12OS(=O)(=O)OC1Cc1ccccc1C2=O. The van der Waals surface area contributed by atoms with E-state index in [1.807, 2.05) is 0 Å². The second-order valence-electron chi connectivity index (χ2n) is 4.06. The molecule has 1 aromatic carbocycles. The first-order valence-corrected chi connectivity index (χ1v) is 6.31. The van der Waals surface area contributed by atoms with Crippen LogP contribution in [0.25, 0.3) is 0 Å². The van der Waals surface area contributed by atoms with Crippen LogP contribution in [0.5, 0.6) is 0 Å². The van der Waals surface area contributed by atoms with Crippen LogP contribution >= 0.6 is 0 Å². The number of fused-ring (bicyclic) bond motifs is 2. The number of hydrogen-bond acceptors (Lipinski definition) is 6. The lowest BCUT2D eigenvalue weighted by Crippen LogP contribution is -2.58. The molecule has 2 aliphatic rings. The number of nitrogens with two attached hydrogens (primary N) is 1. The fourth-order valence-electron chi connectivity index (χ4n) is 2.16. The van der Waals surface area contributed by atoms with Gasteiger partial charge < -0.3 is 0 Å². The maximum absolute atomic E-state index is 12.1. The normalized spacial score (nSPS) is 34.2. The van der Waals surface area contributed by atoms with Crippen LogP contribution in [0.4, 0.5) is 0 Å². The molecule has 1 aliphatic heterocycles. The second-order valence-corrected chi connectivity index (χ2v) is 5.24. The average molecular weight is 255 g/mol. The zero-order valence-corrected chi connectivity index (χ0v) is 9.44. The number of hydrogen-bond donors (Lipinski definition) is 1. The van der Waals surface area contributed by atoms with Gasteiger partial charge in [0.25, 0.3) is 0 Å². The van der Waals surface area contributed by atoms with Crippen LogP contribution in [0, 0.1) is 0 Å². The molecule has 0 spiro atoms. The van der Waals surface area contributed by atoms with Crippen LogP contribution in [0.15, 0.2) is 24.3 Å². The Morgan fingerprint density at radius 1 is 1.35 bits per heavy atom. The summed E-state index contributed by atoms with van der Waals surface area (Å²) in [5.74, 6) is -0.564. The topological polar surface area (TPSA) is 95.7 Å². The molecule has 1 aromatic rings. The Kier molecular flexibility index (Phi) is 2.00. The summed E-state index contributed by atoms with van der Waals surface area (Å²) >= 11 is 0. The van der Waals surface area contributed by atoms with Crippen molar-refractivity contribution >= 4 is 16.2 Å². The molecule has 90 valence electrons. The van der Waals surface area contributed by atoms with E-state index in [2.05, 4.69) is 8.37 Å². The highest BCUT2D eigenvalue weighted by molar-refractivity contribution is 7.82. The quantitative estimate of drug-likeness (QED) is 0.686. The molecule has 0 saturated carbocycles. The van der Waals surface area contributed by atoms with Gasteiger partial charge in [-0.1, -0.05) is 24.3 Å². The summed E-state index contributed by atoms with van der Waals surface area (Å²) in [5, 5.41) is 0. The first kappa shape index (κ1) is 10.8. The van der Waals surface area contributed by atoms with Gasteiger partial charge in [-0.3, -0.25) is 10.5 Å². The third-order valence-corrected chi connectivity index (χ3v) is 3.92. The van der Waals surface area contributed by atoms with Gasteiger partial charge in [-0.15, -0.1) is 0 Å². The number of carbonyl (C=O) groups is 1. The lowest BCUT2D eigenvalue weighted by molar-refractivity contribution is 0.0296. The first-order valence-electron chi connectivity index (χ1n) is 4.98. The van der Waals surface area contributed by atoms with Gasteiger partial charge in [0, 0.05) is 12.0 Å². The summed E-state index contributed by atoms with van der Waals surface area (Å²) in [6.07, 6.45) is -0.757. The van der Waals surface area contributed by atoms with E-state index in [0.717, 1.165) is 0 Å². The first-order chi connectivity index (χ1) is 7.92. The highest BCUT2D eigenvalue weighted by Gasteiger charge is 2.58. The number of ketones is 1. The molecule has 1 saturated heterocycles. The van der Waals surface area contributed by atoms with E-state index in [9.17, 15) is 13.2 Å². The van der Waals surface area contributed by atoms with Crippen molar-refractivity contribution in [2.24, 2.45) is 5.73 Å². The van der Waals surface area contributed by atoms with Crippen molar-refractivity contribution in [3.05, 3.63) is 35.4 Å². The van der Waals surface area contributed by atoms with Crippen molar-refractivity contribution in [3.63, 3.8) is 0 Å². The van der Waals surface area contributed by atoms with Crippen molar-refractivity contribution in [2.45, 2.75) is 18.2 Å². The van der Waals surface area contributed by atoms with Crippen LogP contribution in [0.2, 0.25) is 0 Å². The van der Waals surface area contributed by atoms with Crippen LogP contribution in [0.1, 0.15) is 15.9 Å². The summed E-state index contributed by atoms with van der Waals surface area (Å²) in [7, 11) is -4.18. The minimum absolute atomic E-state index is 0.234. The Bertz CT molecular complexity index is 611. The molecule has 7 heteroatoms. The van der Waals surface area contributed by atoms with Crippen molar-refractivity contribution in [2.75, 3.05) is 0 Å². The van der Waals surface area contributed by atoms with Gasteiger partial charge in [0.15, 0.2) is 0 Å². The lowest BCUT2D eigenvalue weighted by Gasteiger charge is -2.30. The fraction of sp³-hybridized carbons (Fsp3) is 0.300. The molecular weight excluding hydrogens is 246 g/mol. The highest BCUT2D eigenvalue weighted by Crippen LogP contribution is 2.37. The molecule has 1 fully saturated rings. The molecule has 2 atom stereocenters. The molecular formula is C10H9NO5S. The molecule has 3 rings (SSSR count). The second kappa shape index (κ2) is 3.14. The Hall–Kier alpha value is -1.28. The number of Topliss-reactive ketones (excluding diaryl/α,β-unsaturated/α-hetero) is 1. The number of rotatable bonds is 0. The smallest absolute Gasteiger partial charge is 0.293 e. The van der Waals surface area contributed by atoms with E-state index >= 15 is 0 Å². The van der Waals surface area contributed by atoms with E-state index in [0.29, 0.717) is 11.1 Å². The minimum atomic E-state index is -4.18. The maximum Gasteiger partial charge on any atom is 0.402 e.